The maximum absolute atomic E-state index is 5.90. The molecule has 2 unspecified atom stereocenters. The second kappa shape index (κ2) is 6.10. The number of methoxy groups -OCH3 is 1. The SMILES string of the molecule is COC(C)C(C)(CN)N(C)Cc1cccnc1. The van der Waals surface area contributed by atoms with Crippen LogP contribution in [0.1, 0.15) is 19.4 Å². The number of aromatic nitrogens is 1. The number of ether oxygens (including phenoxy) is 1. The molecule has 0 aliphatic rings. The van der Waals surface area contributed by atoms with Gasteiger partial charge in [0.05, 0.1) is 11.6 Å². The zero-order valence-corrected chi connectivity index (χ0v) is 11.2. The Morgan fingerprint density at radius 3 is 2.76 bits per heavy atom. The minimum atomic E-state index is -0.176. The molecule has 4 heteroatoms. The summed E-state index contributed by atoms with van der Waals surface area (Å²) in [5.74, 6) is 0. The Hall–Kier alpha value is -0.970. The van der Waals surface area contributed by atoms with E-state index in [1.165, 1.54) is 5.56 Å². The second-order valence-electron chi connectivity index (χ2n) is 4.66. The molecule has 0 saturated heterocycles. The summed E-state index contributed by atoms with van der Waals surface area (Å²) in [5, 5.41) is 0. The third-order valence-corrected chi connectivity index (χ3v) is 3.66. The summed E-state index contributed by atoms with van der Waals surface area (Å²) in [4.78, 5) is 6.34. The van der Waals surface area contributed by atoms with Gasteiger partial charge in [0.25, 0.3) is 0 Å². The third kappa shape index (κ3) is 3.25. The van der Waals surface area contributed by atoms with E-state index in [9.17, 15) is 0 Å². The number of pyridine rings is 1. The largest absolute Gasteiger partial charge is 0.380 e. The van der Waals surface area contributed by atoms with Crippen LogP contribution in [0.25, 0.3) is 0 Å². The average molecular weight is 237 g/mol. The number of nitrogens with two attached hydrogens (primary N) is 1. The van der Waals surface area contributed by atoms with Crippen LogP contribution in [0.4, 0.5) is 0 Å². The fourth-order valence-electron chi connectivity index (χ4n) is 1.83. The van der Waals surface area contributed by atoms with Gasteiger partial charge >= 0.3 is 0 Å². The van der Waals surface area contributed by atoms with Crippen molar-refractivity contribution in [2.75, 3.05) is 20.7 Å². The molecule has 17 heavy (non-hydrogen) atoms. The first-order chi connectivity index (χ1) is 8.04. The predicted octanol–water partition coefficient (Wildman–Crippen LogP) is 1.27. The molecule has 2 N–H and O–H groups in total. The summed E-state index contributed by atoms with van der Waals surface area (Å²) in [6, 6.07) is 4.01. The standard InChI is InChI=1S/C13H23N3O/c1-11(17-4)13(2,10-14)16(3)9-12-6-5-7-15-8-12/h5-8,11H,9-10,14H2,1-4H3. The Balaban J connectivity index is 2.77. The highest BCUT2D eigenvalue weighted by atomic mass is 16.5. The van der Waals surface area contributed by atoms with Crippen LogP contribution in [0.3, 0.4) is 0 Å². The third-order valence-electron chi connectivity index (χ3n) is 3.66. The van der Waals surface area contributed by atoms with E-state index in [1.807, 2.05) is 19.2 Å². The van der Waals surface area contributed by atoms with Crippen LogP contribution in [-0.2, 0) is 11.3 Å². The Morgan fingerprint density at radius 1 is 1.59 bits per heavy atom. The molecule has 1 rings (SSSR count). The highest BCUT2D eigenvalue weighted by Gasteiger charge is 2.34. The van der Waals surface area contributed by atoms with Crippen LogP contribution in [0.15, 0.2) is 24.5 Å². The summed E-state index contributed by atoms with van der Waals surface area (Å²) < 4.78 is 5.43. The number of likely N-dealkylation sites (N-methyl/N-ethyl adjacent to an activating group) is 1. The van der Waals surface area contributed by atoms with Crippen molar-refractivity contribution in [3.05, 3.63) is 30.1 Å². The van der Waals surface area contributed by atoms with Gasteiger partial charge in [-0.3, -0.25) is 9.88 Å². The molecular formula is C13H23N3O. The fourth-order valence-corrected chi connectivity index (χ4v) is 1.83. The summed E-state index contributed by atoms with van der Waals surface area (Å²) in [6.45, 7) is 5.54. The van der Waals surface area contributed by atoms with Crippen LogP contribution in [0, 0.1) is 0 Å². The first-order valence-electron chi connectivity index (χ1n) is 5.87. The number of rotatable bonds is 6. The fraction of sp³-hybridized carbons (Fsp3) is 0.615. The van der Waals surface area contributed by atoms with E-state index in [2.05, 4.69) is 29.9 Å². The van der Waals surface area contributed by atoms with Gasteiger partial charge in [-0.1, -0.05) is 6.07 Å². The molecular weight excluding hydrogens is 214 g/mol. The van der Waals surface area contributed by atoms with Gasteiger partial charge in [-0.25, -0.2) is 0 Å². The van der Waals surface area contributed by atoms with E-state index in [4.69, 9.17) is 10.5 Å². The first kappa shape index (κ1) is 14.1. The van der Waals surface area contributed by atoms with Crippen molar-refractivity contribution in [3.8, 4) is 0 Å². The molecule has 0 aliphatic carbocycles. The van der Waals surface area contributed by atoms with Gasteiger partial charge in [-0.2, -0.15) is 0 Å². The lowest BCUT2D eigenvalue weighted by atomic mass is 9.93. The van der Waals surface area contributed by atoms with Crippen molar-refractivity contribution in [1.82, 2.24) is 9.88 Å². The van der Waals surface area contributed by atoms with E-state index in [0.29, 0.717) is 6.54 Å². The van der Waals surface area contributed by atoms with Crippen LogP contribution in [0.2, 0.25) is 0 Å². The number of hydrogen-bond acceptors (Lipinski definition) is 4. The molecule has 96 valence electrons. The molecule has 1 aromatic heterocycles. The van der Waals surface area contributed by atoms with Crippen molar-refractivity contribution in [3.63, 3.8) is 0 Å². The Bertz CT molecular complexity index is 331. The molecule has 0 amide bonds. The Morgan fingerprint density at radius 2 is 2.29 bits per heavy atom. The molecule has 2 atom stereocenters. The normalized spacial score (nSPS) is 16.8. The topological polar surface area (TPSA) is 51.4 Å². The lowest BCUT2D eigenvalue weighted by Gasteiger charge is -2.42. The summed E-state index contributed by atoms with van der Waals surface area (Å²) >= 11 is 0. The Labute approximate surface area is 104 Å². The average Bonchev–Trinajstić information content (AvgIpc) is 2.37. The molecule has 0 fully saturated rings. The van der Waals surface area contributed by atoms with E-state index in [-0.39, 0.29) is 11.6 Å². The van der Waals surface area contributed by atoms with E-state index < -0.39 is 0 Å². The summed E-state index contributed by atoms with van der Waals surface area (Å²) in [6.07, 6.45) is 3.74. The van der Waals surface area contributed by atoms with E-state index in [0.717, 1.165) is 6.54 Å². The lowest BCUT2D eigenvalue weighted by Crippen LogP contribution is -2.57. The van der Waals surface area contributed by atoms with Gasteiger partial charge in [0.1, 0.15) is 0 Å². The van der Waals surface area contributed by atoms with Crippen molar-refractivity contribution >= 4 is 0 Å². The molecule has 1 heterocycles. The van der Waals surface area contributed by atoms with Crippen molar-refractivity contribution in [2.45, 2.75) is 32.0 Å². The van der Waals surface area contributed by atoms with E-state index in [1.54, 1.807) is 13.3 Å². The maximum Gasteiger partial charge on any atom is 0.0736 e. The zero-order valence-electron chi connectivity index (χ0n) is 11.2. The van der Waals surface area contributed by atoms with Gasteiger partial charge in [0.2, 0.25) is 0 Å². The van der Waals surface area contributed by atoms with Gasteiger partial charge < -0.3 is 10.5 Å². The van der Waals surface area contributed by atoms with Crippen LogP contribution >= 0.6 is 0 Å². The molecule has 0 saturated carbocycles. The molecule has 1 aromatic rings. The lowest BCUT2D eigenvalue weighted by molar-refractivity contribution is -0.0230. The second-order valence-corrected chi connectivity index (χ2v) is 4.66. The van der Waals surface area contributed by atoms with Crippen LogP contribution in [-0.4, -0.2) is 42.2 Å². The number of nitrogens with zero attached hydrogens (tertiary/aromatic N) is 2. The molecule has 4 nitrogen and oxygen atoms in total. The minimum absolute atomic E-state index is 0.0779. The molecule has 0 aromatic carbocycles. The number of hydrogen-bond donors (Lipinski definition) is 1. The monoisotopic (exact) mass is 237 g/mol. The van der Waals surface area contributed by atoms with Crippen LogP contribution in [0.5, 0.6) is 0 Å². The molecule has 0 spiro atoms. The van der Waals surface area contributed by atoms with Crippen molar-refractivity contribution in [2.24, 2.45) is 5.73 Å². The Kier molecular flexibility index (Phi) is 5.05. The van der Waals surface area contributed by atoms with Gasteiger partial charge in [0, 0.05) is 32.6 Å². The smallest absolute Gasteiger partial charge is 0.0736 e. The summed E-state index contributed by atoms with van der Waals surface area (Å²) in [5.41, 5.74) is 6.90. The van der Waals surface area contributed by atoms with Gasteiger partial charge in [0.15, 0.2) is 0 Å². The molecule has 0 aliphatic heterocycles. The molecule has 0 bridgehead atoms. The van der Waals surface area contributed by atoms with Crippen LogP contribution < -0.4 is 5.73 Å². The van der Waals surface area contributed by atoms with Gasteiger partial charge in [-0.15, -0.1) is 0 Å². The zero-order chi connectivity index (χ0) is 12.9. The quantitative estimate of drug-likeness (QED) is 0.809. The molecule has 0 radical (unpaired) electrons. The highest BCUT2D eigenvalue weighted by molar-refractivity contribution is 5.09. The van der Waals surface area contributed by atoms with E-state index >= 15 is 0 Å². The summed E-state index contributed by atoms with van der Waals surface area (Å²) in [7, 11) is 3.78. The minimum Gasteiger partial charge on any atom is -0.380 e. The highest BCUT2D eigenvalue weighted by Crippen LogP contribution is 2.21. The van der Waals surface area contributed by atoms with Crippen molar-refractivity contribution < 1.29 is 4.74 Å². The maximum atomic E-state index is 5.90. The predicted molar refractivity (Wildman–Crippen MR) is 69.6 cm³/mol. The first-order valence-corrected chi connectivity index (χ1v) is 5.87. The van der Waals surface area contributed by atoms with Crippen molar-refractivity contribution in [1.29, 1.82) is 0 Å². The van der Waals surface area contributed by atoms with Gasteiger partial charge in [-0.05, 0) is 32.5 Å².